The Bertz CT molecular complexity index is 1370. The van der Waals surface area contributed by atoms with Crippen molar-refractivity contribution in [1.29, 1.82) is 5.26 Å². The molecule has 1 aliphatic heterocycles. The molecule has 178 valence electrons. The molecule has 1 amide bonds. The Balaban J connectivity index is 1.64. The Labute approximate surface area is 207 Å². The van der Waals surface area contributed by atoms with Gasteiger partial charge in [-0.05, 0) is 54.5 Å². The molecule has 1 aliphatic rings. The topological polar surface area (TPSA) is 99.9 Å². The van der Waals surface area contributed by atoms with Gasteiger partial charge in [0.2, 0.25) is 11.5 Å². The van der Waals surface area contributed by atoms with Crippen LogP contribution in [0.25, 0.3) is 5.70 Å². The van der Waals surface area contributed by atoms with Crippen molar-refractivity contribution in [3.05, 3.63) is 92.7 Å². The highest BCUT2D eigenvalue weighted by molar-refractivity contribution is 6.34. The highest BCUT2D eigenvalue weighted by Gasteiger charge is 2.59. The number of hydrogen-bond acceptors (Lipinski definition) is 6. The summed E-state index contributed by atoms with van der Waals surface area (Å²) in [5, 5.41) is 11.4. The number of nitrogens with one attached hydrogen (secondary N) is 2. The third-order valence-corrected chi connectivity index (χ3v) is 5.61. The SMILES string of the molecule is Cc1cc(C2=CC(c3cc(Cl)cc(Cl)c3)(C(F)(F)F)ON2)ccc1C(=O)Nc1ncc(C#N)cn1. The number of carbonyl (C=O) groups is 1. The van der Waals surface area contributed by atoms with Crippen LogP contribution in [0, 0.1) is 18.3 Å². The zero-order valence-electron chi connectivity index (χ0n) is 17.7. The minimum Gasteiger partial charge on any atom is -0.290 e. The Kier molecular flexibility index (Phi) is 6.42. The van der Waals surface area contributed by atoms with Crippen LogP contribution in [0.2, 0.25) is 10.0 Å². The molecule has 0 radical (unpaired) electrons. The van der Waals surface area contributed by atoms with Gasteiger partial charge in [-0.2, -0.15) is 18.4 Å². The first-order valence-electron chi connectivity index (χ1n) is 9.87. The molecule has 2 heterocycles. The summed E-state index contributed by atoms with van der Waals surface area (Å²) in [5.74, 6) is -0.525. The first-order chi connectivity index (χ1) is 16.5. The van der Waals surface area contributed by atoms with E-state index in [4.69, 9.17) is 33.3 Å². The van der Waals surface area contributed by atoms with E-state index in [9.17, 15) is 18.0 Å². The van der Waals surface area contributed by atoms with Gasteiger partial charge in [0.25, 0.3) is 5.91 Å². The maximum absolute atomic E-state index is 14.2. The number of rotatable bonds is 4. The van der Waals surface area contributed by atoms with E-state index >= 15 is 0 Å². The highest BCUT2D eigenvalue weighted by atomic mass is 35.5. The number of anilines is 1. The fraction of sp³-hybridized carbons (Fsp3) is 0.130. The van der Waals surface area contributed by atoms with Crippen LogP contribution in [0.5, 0.6) is 0 Å². The number of nitriles is 1. The van der Waals surface area contributed by atoms with E-state index in [1.165, 1.54) is 36.7 Å². The molecule has 7 nitrogen and oxygen atoms in total. The predicted molar refractivity (Wildman–Crippen MR) is 122 cm³/mol. The molecular weight excluding hydrogens is 506 g/mol. The van der Waals surface area contributed by atoms with Crippen LogP contribution in [-0.2, 0) is 10.4 Å². The van der Waals surface area contributed by atoms with E-state index in [-0.39, 0.29) is 38.4 Å². The molecule has 1 aromatic heterocycles. The zero-order valence-corrected chi connectivity index (χ0v) is 19.3. The van der Waals surface area contributed by atoms with Crippen LogP contribution in [0.1, 0.15) is 32.6 Å². The molecule has 1 unspecified atom stereocenters. The number of carbonyl (C=O) groups excluding carboxylic acids is 1. The van der Waals surface area contributed by atoms with Crippen molar-refractivity contribution >= 4 is 40.8 Å². The van der Waals surface area contributed by atoms with Crippen LogP contribution in [0.4, 0.5) is 19.1 Å². The third kappa shape index (κ3) is 4.79. The van der Waals surface area contributed by atoms with Crippen LogP contribution in [0.15, 0.2) is 54.9 Å². The van der Waals surface area contributed by atoms with Crippen molar-refractivity contribution < 1.29 is 22.8 Å². The van der Waals surface area contributed by atoms with E-state index in [0.717, 1.165) is 18.2 Å². The van der Waals surface area contributed by atoms with Crippen molar-refractivity contribution in [3.8, 4) is 6.07 Å². The second kappa shape index (κ2) is 9.19. The molecule has 0 fully saturated rings. The number of nitrogens with zero attached hydrogens (tertiary/aromatic N) is 3. The molecule has 1 atom stereocenters. The predicted octanol–water partition coefficient (Wildman–Crippen LogP) is 5.55. The van der Waals surface area contributed by atoms with Crippen molar-refractivity contribution in [2.75, 3.05) is 5.32 Å². The summed E-state index contributed by atoms with van der Waals surface area (Å²) >= 11 is 11.9. The number of amides is 1. The third-order valence-electron chi connectivity index (χ3n) is 5.17. The Morgan fingerprint density at radius 2 is 1.80 bits per heavy atom. The molecule has 0 bridgehead atoms. The Hall–Kier alpha value is -3.65. The van der Waals surface area contributed by atoms with Gasteiger partial charge in [-0.25, -0.2) is 9.97 Å². The molecule has 0 spiro atoms. The summed E-state index contributed by atoms with van der Waals surface area (Å²) in [6.07, 6.45) is -1.42. The van der Waals surface area contributed by atoms with Crippen molar-refractivity contribution in [3.63, 3.8) is 0 Å². The van der Waals surface area contributed by atoms with E-state index in [2.05, 4.69) is 20.8 Å². The zero-order chi connectivity index (χ0) is 25.4. The van der Waals surface area contributed by atoms with Crippen molar-refractivity contribution in [2.24, 2.45) is 0 Å². The van der Waals surface area contributed by atoms with Crippen molar-refractivity contribution in [2.45, 2.75) is 18.7 Å². The lowest BCUT2D eigenvalue weighted by atomic mass is 9.91. The van der Waals surface area contributed by atoms with Gasteiger partial charge in [-0.1, -0.05) is 29.3 Å². The van der Waals surface area contributed by atoms with Crippen molar-refractivity contribution in [1.82, 2.24) is 15.4 Å². The molecule has 0 saturated carbocycles. The lowest BCUT2D eigenvalue weighted by Crippen LogP contribution is -2.42. The number of alkyl halides is 3. The summed E-state index contributed by atoms with van der Waals surface area (Å²) in [6, 6.07) is 9.91. The largest absolute Gasteiger partial charge is 0.428 e. The van der Waals surface area contributed by atoms with Gasteiger partial charge in [-0.15, -0.1) is 0 Å². The quantitative estimate of drug-likeness (QED) is 0.468. The summed E-state index contributed by atoms with van der Waals surface area (Å²) in [7, 11) is 0. The van der Waals surface area contributed by atoms with Gasteiger partial charge in [0.05, 0.1) is 23.7 Å². The molecule has 2 aromatic carbocycles. The number of halogens is 5. The summed E-state index contributed by atoms with van der Waals surface area (Å²) < 4.78 is 42.5. The first-order valence-corrected chi connectivity index (χ1v) is 10.6. The number of aromatic nitrogens is 2. The van der Waals surface area contributed by atoms with Gasteiger partial charge in [0, 0.05) is 21.2 Å². The Morgan fingerprint density at radius 1 is 1.14 bits per heavy atom. The fourth-order valence-corrected chi connectivity index (χ4v) is 3.99. The average molecular weight is 520 g/mol. The molecule has 12 heteroatoms. The molecule has 4 rings (SSSR count). The molecular formula is C23H14Cl2F3N5O2. The van der Waals surface area contributed by atoms with E-state index in [0.29, 0.717) is 11.1 Å². The van der Waals surface area contributed by atoms with Crippen LogP contribution >= 0.6 is 23.2 Å². The van der Waals surface area contributed by atoms with Gasteiger partial charge < -0.3 is 0 Å². The maximum atomic E-state index is 14.2. The number of benzene rings is 2. The lowest BCUT2D eigenvalue weighted by Gasteiger charge is -2.28. The van der Waals surface area contributed by atoms with Crippen LogP contribution in [0.3, 0.4) is 0 Å². The summed E-state index contributed by atoms with van der Waals surface area (Å²) in [5.41, 5.74) is 0.592. The van der Waals surface area contributed by atoms with Crippen LogP contribution in [-0.4, -0.2) is 22.1 Å². The molecule has 0 saturated heterocycles. The number of aryl methyl sites for hydroxylation is 1. The van der Waals surface area contributed by atoms with E-state index in [1.54, 1.807) is 6.92 Å². The fourth-order valence-electron chi connectivity index (χ4n) is 3.46. The minimum atomic E-state index is -4.84. The summed E-state index contributed by atoms with van der Waals surface area (Å²) in [4.78, 5) is 25.5. The van der Waals surface area contributed by atoms with Gasteiger partial charge in [0.1, 0.15) is 6.07 Å². The Morgan fingerprint density at radius 3 is 2.37 bits per heavy atom. The van der Waals surface area contributed by atoms with Gasteiger partial charge in [-0.3, -0.25) is 20.4 Å². The second-order valence-corrected chi connectivity index (χ2v) is 8.42. The maximum Gasteiger partial charge on any atom is 0.428 e. The molecule has 0 aliphatic carbocycles. The molecule has 35 heavy (non-hydrogen) atoms. The minimum absolute atomic E-state index is 0.00110. The first kappa shape index (κ1) is 24.5. The second-order valence-electron chi connectivity index (χ2n) is 7.54. The smallest absolute Gasteiger partial charge is 0.290 e. The molecule has 3 aromatic rings. The normalized spacial score (nSPS) is 17.3. The van der Waals surface area contributed by atoms with Crippen LogP contribution < -0.4 is 10.8 Å². The monoisotopic (exact) mass is 519 g/mol. The van der Waals surface area contributed by atoms with E-state index in [1.807, 2.05) is 6.07 Å². The highest BCUT2D eigenvalue weighted by Crippen LogP contribution is 2.48. The number of hydroxylamine groups is 1. The summed E-state index contributed by atoms with van der Waals surface area (Å²) in [6.45, 7) is 1.63. The van der Waals surface area contributed by atoms with Gasteiger partial charge in [0.15, 0.2) is 0 Å². The standard InChI is InChI=1S/C23H14Cl2F3N5O2/c1-12-4-14(2-3-18(12)20(34)32-21-30-10-13(9-29)11-31-21)19-8-22(35-33-19,23(26,27)28)15-5-16(24)7-17(25)6-15/h2-8,10-11,33H,1H3,(H,30,31,32,34). The molecule has 2 N–H and O–H groups in total. The van der Waals surface area contributed by atoms with Gasteiger partial charge >= 0.3 is 6.18 Å². The number of hydrogen-bond donors (Lipinski definition) is 2. The van der Waals surface area contributed by atoms with E-state index < -0.39 is 17.7 Å². The lowest BCUT2D eigenvalue weighted by molar-refractivity contribution is -0.269. The average Bonchev–Trinajstić information content (AvgIpc) is 3.26.